The first-order valence-electron chi connectivity index (χ1n) is 12.8. The molecule has 2 aliphatic carbocycles. The fraction of sp³-hybridized carbons (Fsp3) is 0.235. The van der Waals surface area contributed by atoms with Crippen LogP contribution in [0.25, 0.3) is 11.1 Å². The van der Waals surface area contributed by atoms with E-state index in [1.165, 1.54) is 44.7 Å². The summed E-state index contributed by atoms with van der Waals surface area (Å²) in [6.45, 7) is 13.1. The van der Waals surface area contributed by atoms with Crippen LogP contribution in [0.3, 0.4) is 0 Å². The summed E-state index contributed by atoms with van der Waals surface area (Å²) in [6.07, 6.45) is 19.1. The molecule has 2 aromatic carbocycles. The minimum atomic E-state index is -0.404. The van der Waals surface area contributed by atoms with Crippen molar-refractivity contribution in [2.45, 2.75) is 38.5 Å². The Morgan fingerprint density at radius 3 is 2.17 bits per heavy atom. The fourth-order valence-electron chi connectivity index (χ4n) is 6.38. The summed E-state index contributed by atoms with van der Waals surface area (Å²) in [4.78, 5) is 2.31. The SMILES string of the molecule is C=CC1=C(C=C)C2(C(=C/C)/C(=C\CC(C)C3=CCCC=C3)N1C)c1ccccc1-c1ccccc12. The number of rotatable bonds is 5. The van der Waals surface area contributed by atoms with Crippen molar-refractivity contribution in [3.8, 4) is 11.1 Å². The second-order valence-electron chi connectivity index (χ2n) is 9.72. The third kappa shape index (κ3) is 3.37. The van der Waals surface area contributed by atoms with Crippen LogP contribution in [0.1, 0.15) is 44.2 Å². The van der Waals surface area contributed by atoms with Gasteiger partial charge >= 0.3 is 0 Å². The number of hydrogen-bond acceptors (Lipinski definition) is 1. The van der Waals surface area contributed by atoms with E-state index < -0.39 is 5.41 Å². The van der Waals surface area contributed by atoms with Gasteiger partial charge in [0, 0.05) is 18.4 Å². The number of allylic oxidation sites excluding steroid dienone is 10. The van der Waals surface area contributed by atoms with Crippen molar-refractivity contribution in [3.63, 3.8) is 0 Å². The van der Waals surface area contributed by atoms with Crippen LogP contribution in [0.5, 0.6) is 0 Å². The van der Waals surface area contributed by atoms with Crippen LogP contribution in [0, 0.1) is 5.92 Å². The molecule has 0 bridgehead atoms. The van der Waals surface area contributed by atoms with Crippen molar-refractivity contribution >= 4 is 0 Å². The summed E-state index contributed by atoms with van der Waals surface area (Å²) in [5.41, 5.74) is 11.2. The highest BCUT2D eigenvalue weighted by Gasteiger charge is 2.52. The monoisotopic (exact) mass is 457 g/mol. The van der Waals surface area contributed by atoms with Crippen molar-refractivity contribution in [1.29, 1.82) is 0 Å². The molecule has 0 saturated carbocycles. The molecule has 0 saturated heterocycles. The van der Waals surface area contributed by atoms with Crippen LogP contribution in [0.2, 0.25) is 0 Å². The molecule has 0 aromatic heterocycles. The summed E-state index contributed by atoms with van der Waals surface area (Å²) in [6, 6.07) is 17.7. The fourth-order valence-corrected chi connectivity index (χ4v) is 6.38. The number of fused-ring (bicyclic) bond motifs is 5. The first kappa shape index (κ1) is 23.2. The quantitative estimate of drug-likeness (QED) is 0.434. The zero-order valence-corrected chi connectivity index (χ0v) is 21.2. The Morgan fingerprint density at radius 2 is 1.63 bits per heavy atom. The van der Waals surface area contributed by atoms with E-state index in [0.29, 0.717) is 5.92 Å². The van der Waals surface area contributed by atoms with Gasteiger partial charge in [-0.2, -0.15) is 0 Å². The summed E-state index contributed by atoms with van der Waals surface area (Å²) >= 11 is 0. The molecule has 0 radical (unpaired) electrons. The second-order valence-corrected chi connectivity index (χ2v) is 9.72. The Labute approximate surface area is 210 Å². The Kier molecular flexibility index (Phi) is 6.11. The van der Waals surface area contributed by atoms with Crippen molar-refractivity contribution in [3.05, 3.63) is 143 Å². The van der Waals surface area contributed by atoms with E-state index in [-0.39, 0.29) is 0 Å². The van der Waals surface area contributed by atoms with Crippen LogP contribution in [0.4, 0.5) is 0 Å². The second kappa shape index (κ2) is 9.23. The maximum absolute atomic E-state index is 4.32. The summed E-state index contributed by atoms with van der Waals surface area (Å²) in [5, 5.41) is 0. The molecule has 1 nitrogen and oxygen atoms in total. The van der Waals surface area contributed by atoms with E-state index in [9.17, 15) is 0 Å². The number of nitrogens with zero attached hydrogens (tertiary/aromatic N) is 1. The molecule has 1 heteroatoms. The lowest BCUT2D eigenvalue weighted by Gasteiger charge is -2.46. The van der Waals surface area contributed by atoms with Crippen molar-refractivity contribution in [2.75, 3.05) is 7.05 Å². The topological polar surface area (TPSA) is 3.24 Å². The molecule has 3 aliphatic rings. The lowest BCUT2D eigenvalue weighted by Crippen LogP contribution is -2.40. The first-order valence-corrected chi connectivity index (χ1v) is 12.8. The standard InChI is InChI=1S/C34H35N/c1-6-28-32(8-3)35(5)33(23-22-24(4)25-16-10-9-11-17-25)29(7-2)34(28)30-20-14-12-18-26(30)27-19-13-15-21-31(27)34/h6-8,10,12-21,23-24H,1,3,9,11,22H2,2,4-5H3/b29-7+,33-23+. The molecule has 1 aliphatic heterocycles. The largest absolute Gasteiger partial charge is 0.344 e. The number of likely N-dealkylation sites (N-methyl/N-ethyl adjacent to an activating group) is 1. The highest BCUT2D eigenvalue weighted by Crippen LogP contribution is 2.61. The summed E-state index contributed by atoms with van der Waals surface area (Å²) in [5.74, 6) is 0.474. The smallest absolute Gasteiger partial charge is 0.0750 e. The van der Waals surface area contributed by atoms with E-state index in [4.69, 9.17) is 0 Å². The van der Waals surface area contributed by atoms with Crippen molar-refractivity contribution < 1.29 is 0 Å². The molecular weight excluding hydrogens is 422 g/mol. The molecular formula is C34H35N. The minimum absolute atomic E-state index is 0.404. The normalized spacial score (nSPS) is 21.2. The lowest BCUT2D eigenvalue weighted by atomic mass is 9.63. The van der Waals surface area contributed by atoms with Gasteiger partial charge in [0.25, 0.3) is 0 Å². The van der Waals surface area contributed by atoms with E-state index in [2.05, 4.69) is 118 Å². The maximum Gasteiger partial charge on any atom is 0.0750 e. The van der Waals surface area contributed by atoms with Gasteiger partial charge in [-0.1, -0.05) is 105 Å². The van der Waals surface area contributed by atoms with Crippen LogP contribution in [-0.4, -0.2) is 11.9 Å². The number of benzene rings is 2. The van der Waals surface area contributed by atoms with Gasteiger partial charge in [0.2, 0.25) is 0 Å². The molecule has 1 unspecified atom stereocenters. The van der Waals surface area contributed by atoms with Crippen molar-refractivity contribution in [1.82, 2.24) is 4.90 Å². The summed E-state index contributed by atoms with van der Waals surface area (Å²) in [7, 11) is 2.17. The minimum Gasteiger partial charge on any atom is -0.344 e. The Balaban J connectivity index is 1.76. The highest BCUT2D eigenvalue weighted by molar-refractivity contribution is 5.88. The van der Waals surface area contributed by atoms with Gasteiger partial charge < -0.3 is 4.90 Å². The average molecular weight is 458 g/mol. The Hall–Kier alpha value is -3.58. The third-order valence-corrected chi connectivity index (χ3v) is 7.98. The van der Waals surface area contributed by atoms with Crippen LogP contribution >= 0.6 is 0 Å². The van der Waals surface area contributed by atoms with Gasteiger partial charge in [0.1, 0.15) is 0 Å². The van der Waals surface area contributed by atoms with Crippen LogP contribution < -0.4 is 0 Å². The third-order valence-electron chi connectivity index (χ3n) is 7.98. The molecule has 0 fully saturated rings. The molecule has 176 valence electrons. The van der Waals surface area contributed by atoms with Gasteiger partial charge in [0.15, 0.2) is 0 Å². The van der Waals surface area contributed by atoms with Gasteiger partial charge in [0.05, 0.1) is 5.41 Å². The molecule has 2 aromatic rings. The predicted molar refractivity (Wildman–Crippen MR) is 150 cm³/mol. The highest BCUT2D eigenvalue weighted by atomic mass is 15.1. The van der Waals surface area contributed by atoms with E-state index in [0.717, 1.165) is 25.0 Å². The van der Waals surface area contributed by atoms with E-state index in [1.807, 2.05) is 12.2 Å². The van der Waals surface area contributed by atoms with Crippen molar-refractivity contribution in [2.24, 2.45) is 5.92 Å². The number of hydrogen-bond donors (Lipinski definition) is 0. The molecule has 5 rings (SSSR count). The summed E-state index contributed by atoms with van der Waals surface area (Å²) < 4.78 is 0. The molecule has 35 heavy (non-hydrogen) atoms. The van der Waals surface area contributed by atoms with Gasteiger partial charge in [-0.15, -0.1) is 0 Å². The zero-order valence-electron chi connectivity index (χ0n) is 21.2. The molecule has 0 N–H and O–H groups in total. The van der Waals surface area contributed by atoms with E-state index in [1.54, 1.807) is 0 Å². The lowest BCUT2D eigenvalue weighted by molar-refractivity contribution is 0.477. The molecule has 1 spiro atoms. The van der Waals surface area contributed by atoms with Gasteiger partial charge in [-0.3, -0.25) is 0 Å². The Bertz CT molecular complexity index is 1290. The van der Waals surface area contributed by atoms with Crippen LogP contribution in [0.15, 0.2) is 132 Å². The molecule has 1 heterocycles. The average Bonchev–Trinajstić information content (AvgIpc) is 3.20. The van der Waals surface area contributed by atoms with Crippen LogP contribution in [-0.2, 0) is 5.41 Å². The molecule has 0 amide bonds. The first-order chi connectivity index (χ1) is 17.1. The molecule has 1 atom stereocenters. The Morgan fingerprint density at radius 1 is 0.971 bits per heavy atom. The zero-order chi connectivity index (χ0) is 24.6. The maximum atomic E-state index is 4.32. The van der Waals surface area contributed by atoms with Gasteiger partial charge in [-0.05, 0) is 77.2 Å². The van der Waals surface area contributed by atoms with Gasteiger partial charge in [-0.25, -0.2) is 0 Å². The predicted octanol–water partition coefficient (Wildman–Crippen LogP) is 8.66. The van der Waals surface area contributed by atoms with E-state index >= 15 is 0 Å².